The molecule has 112 valence electrons. The second kappa shape index (κ2) is 6.62. The summed E-state index contributed by atoms with van der Waals surface area (Å²) in [4.78, 5) is 2.55. The maximum absolute atomic E-state index is 3.47. The second-order valence-electron chi connectivity index (χ2n) is 7.21. The summed E-state index contributed by atoms with van der Waals surface area (Å²) in [6.07, 6.45) is 3.95. The maximum atomic E-state index is 3.47. The van der Waals surface area contributed by atoms with Gasteiger partial charge in [-0.3, -0.25) is 0 Å². The molecule has 0 bridgehead atoms. The van der Waals surface area contributed by atoms with Gasteiger partial charge in [-0.05, 0) is 42.4 Å². The van der Waals surface area contributed by atoms with Crippen molar-refractivity contribution in [2.75, 3.05) is 18.0 Å². The van der Waals surface area contributed by atoms with Gasteiger partial charge in [-0.2, -0.15) is 0 Å². The number of hydrogen-bond donors (Lipinski definition) is 1. The Morgan fingerprint density at radius 2 is 1.80 bits per heavy atom. The van der Waals surface area contributed by atoms with Crippen LogP contribution in [0, 0.1) is 5.41 Å². The Labute approximate surface area is 124 Å². The van der Waals surface area contributed by atoms with E-state index in [2.05, 4.69) is 62.2 Å². The van der Waals surface area contributed by atoms with Gasteiger partial charge < -0.3 is 10.2 Å². The van der Waals surface area contributed by atoms with Gasteiger partial charge >= 0.3 is 0 Å². The van der Waals surface area contributed by atoms with Gasteiger partial charge in [0.2, 0.25) is 0 Å². The van der Waals surface area contributed by atoms with Crippen LogP contribution < -0.4 is 10.2 Å². The predicted octanol–water partition coefficient (Wildman–Crippen LogP) is 4.20. The van der Waals surface area contributed by atoms with Crippen molar-refractivity contribution in [1.29, 1.82) is 0 Å². The number of benzene rings is 1. The van der Waals surface area contributed by atoms with E-state index in [9.17, 15) is 0 Å². The van der Waals surface area contributed by atoms with Gasteiger partial charge in [0.1, 0.15) is 0 Å². The fourth-order valence-electron chi connectivity index (χ4n) is 2.83. The molecule has 0 atom stereocenters. The van der Waals surface area contributed by atoms with Crippen molar-refractivity contribution in [3.05, 3.63) is 29.8 Å². The van der Waals surface area contributed by atoms with Crippen LogP contribution in [0.3, 0.4) is 0 Å². The molecule has 2 heteroatoms. The van der Waals surface area contributed by atoms with E-state index in [0.29, 0.717) is 11.5 Å². The van der Waals surface area contributed by atoms with Crippen LogP contribution in [0.25, 0.3) is 0 Å². The fraction of sp³-hybridized carbons (Fsp3) is 0.667. The van der Waals surface area contributed by atoms with Crippen LogP contribution in [0.2, 0.25) is 0 Å². The average molecular weight is 274 g/mol. The third-order valence-corrected chi connectivity index (χ3v) is 4.36. The minimum atomic E-state index is 0.510. The summed E-state index contributed by atoms with van der Waals surface area (Å²) >= 11 is 0. The van der Waals surface area contributed by atoms with Gasteiger partial charge in [0.15, 0.2) is 0 Å². The monoisotopic (exact) mass is 274 g/mol. The molecular weight excluding hydrogens is 244 g/mol. The third kappa shape index (κ3) is 4.52. The molecule has 1 N–H and O–H groups in total. The summed E-state index contributed by atoms with van der Waals surface area (Å²) < 4.78 is 0. The van der Waals surface area contributed by atoms with Crippen LogP contribution in [0.5, 0.6) is 0 Å². The highest BCUT2D eigenvalue weighted by Crippen LogP contribution is 2.31. The third-order valence-electron chi connectivity index (χ3n) is 4.36. The first-order valence-corrected chi connectivity index (χ1v) is 8.04. The lowest BCUT2D eigenvalue weighted by atomic mass is 9.85. The lowest BCUT2D eigenvalue weighted by molar-refractivity contribution is 0.325. The van der Waals surface area contributed by atoms with E-state index in [1.807, 2.05) is 0 Å². The molecule has 0 aromatic heterocycles. The summed E-state index contributed by atoms with van der Waals surface area (Å²) in [7, 11) is 0. The molecule has 0 spiro atoms. The topological polar surface area (TPSA) is 15.3 Å². The Hall–Kier alpha value is -1.02. The Kier molecular flexibility index (Phi) is 5.09. The van der Waals surface area contributed by atoms with Crippen LogP contribution in [-0.2, 0) is 6.54 Å². The first-order chi connectivity index (χ1) is 9.46. The van der Waals surface area contributed by atoms with E-state index in [4.69, 9.17) is 0 Å². The Morgan fingerprint density at radius 1 is 1.10 bits per heavy atom. The number of hydrogen-bond acceptors (Lipinski definition) is 2. The standard InChI is InChI=1S/C18H30N2/c1-15(2)19-14-16-6-8-17(9-7-16)20-12-5-10-18(3,4)11-13-20/h6-9,15,19H,5,10-14H2,1-4H3. The second-order valence-corrected chi connectivity index (χ2v) is 7.21. The van der Waals surface area contributed by atoms with Crippen LogP contribution in [0.4, 0.5) is 5.69 Å². The number of rotatable bonds is 4. The molecule has 0 aliphatic carbocycles. The Balaban J connectivity index is 1.95. The zero-order valence-electron chi connectivity index (χ0n) is 13.6. The van der Waals surface area contributed by atoms with Crippen LogP contribution in [0.1, 0.15) is 52.5 Å². The first-order valence-electron chi connectivity index (χ1n) is 8.04. The van der Waals surface area contributed by atoms with E-state index in [1.54, 1.807) is 0 Å². The average Bonchev–Trinajstić information content (AvgIpc) is 2.58. The summed E-state index contributed by atoms with van der Waals surface area (Å²) in [6, 6.07) is 9.65. The van der Waals surface area contributed by atoms with Crippen molar-refractivity contribution < 1.29 is 0 Å². The van der Waals surface area contributed by atoms with Gasteiger partial charge in [0, 0.05) is 31.4 Å². The van der Waals surface area contributed by atoms with E-state index in [0.717, 1.165) is 6.54 Å². The van der Waals surface area contributed by atoms with Gasteiger partial charge in [-0.25, -0.2) is 0 Å². The molecule has 0 saturated carbocycles. The lowest BCUT2D eigenvalue weighted by Gasteiger charge is -2.25. The quantitative estimate of drug-likeness (QED) is 0.885. The normalized spacial score (nSPS) is 19.1. The van der Waals surface area contributed by atoms with Crippen molar-refractivity contribution in [2.24, 2.45) is 5.41 Å². The highest BCUT2D eigenvalue weighted by atomic mass is 15.1. The molecule has 1 aromatic carbocycles. The molecule has 1 aliphatic rings. The van der Waals surface area contributed by atoms with E-state index in [1.165, 1.54) is 43.6 Å². The molecule has 1 saturated heterocycles. The van der Waals surface area contributed by atoms with Crippen molar-refractivity contribution in [1.82, 2.24) is 5.32 Å². The summed E-state index contributed by atoms with van der Waals surface area (Å²) in [6.45, 7) is 12.5. The van der Waals surface area contributed by atoms with Gasteiger partial charge in [0.25, 0.3) is 0 Å². The van der Waals surface area contributed by atoms with Crippen LogP contribution >= 0.6 is 0 Å². The van der Waals surface area contributed by atoms with E-state index < -0.39 is 0 Å². The molecule has 1 fully saturated rings. The highest BCUT2D eigenvalue weighted by Gasteiger charge is 2.22. The molecule has 2 nitrogen and oxygen atoms in total. The largest absolute Gasteiger partial charge is 0.372 e. The molecule has 1 aliphatic heterocycles. The molecule has 1 aromatic rings. The van der Waals surface area contributed by atoms with Gasteiger partial charge in [-0.1, -0.05) is 39.8 Å². The SMILES string of the molecule is CC(C)NCc1ccc(N2CCCC(C)(C)CC2)cc1. The van der Waals surface area contributed by atoms with E-state index in [-0.39, 0.29) is 0 Å². The molecule has 20 heavy (non-hydrogen) atoms. The highest BCUT2D eigenvalue weighted by molar-refractivity contribution is 5.47. The summed E-state index contributed by atoms with van der Waals surface area (Å²) in [5.41, 5.74) is 3.27. The van der Waals surface area contributed by atoms with Gasteiger partial charge in [-0.15, -0.1) is 0 Å². The molecule has 0 radical (unpaired) electrons. The minimum absolute atomic E-state index is 0.510. The maximum Gasteiger partial charge on any atom is 0.0366 e. The van der Waals surface area contributed by atoms with E-state index >= 15 is 0 Å². The molecular formula is C18H30N2. The van der Waals surface area contributed by atoms with Crippen LogP contribution in [-0.4, -0.2) is 19.1 Å². The van der Waals surface area contributed by atoms with Crippen molar-refractivity contribution in [2.45, 2.75) is 59.5 Å². The Bertz CT molecular complexity index is 406. The molecule has 1 heterocycles. The lowest BCUT2D eigenvalue weighted by Crippen LogP contribution is -2.25. The van der Waals surface area contributed by atoms with Crippen molar-refractivity contribution >= 4 is 5.69 Å². The molecule has 0 unspecified atom stereocenters. The predicted molar refractivity (Wildman–Crippen MR) is 88.3 cm³/mol. The summed E-state index contributed by atoms with van der Waals surface area (Å²) in [5.74, 6) is 0. The Morgan fingerprint density at radius 3 is 2.45 bits per heavy atom. The number of nitrogens with zero attached hydrogens (tertiary/aromatic N) is 1. The minimum Gasteiger partial charge on any atom is -0.372 e. The summed E-state index contributed by atoms with van der Waals surface area (Å²) in [5, 5.41) is 3.47. The first kappa shape index (κ1) is 15.4. The zero-order valence-corrected chi connectivity index (χ0v) is 13.6. The van der Waals surface area contributed by atoms with Crippen molar-refractivity contribution in [3.8, 4) is 0 Å². The number of anilines is 1. The van der Waals surface area contributed by atoms with Crippen LogP contribution in [0.15, 0.2) is 24.3 Å². The molecule has 0 amide bonds. The molecule has 2 rings (SSSR count). The number of nitrogens with one attached hydrogen (secondary N) is 1. The van der Waals surface area contributed by atoms with Crippen molar-refractivity contribution in [3.63, 3.8) is 0 Å². The smallest absolute Gasteiger partial charge is 0.0366 e. The van der Waals surface area contributed by atoms with Gasteiger partial charge in [0.05, 0.1) is 0 Å². The zero-order chi connectivity index (χ0) is 14.6. The fourth-order valence-corrected chi connectivity index (χ4v) is 2.83.